The van der Waals surface area contributed by atoms with Crippen LogP contribution in [0.15, 0.2) is 65.7 Å². The van der Waals surface area contributed by atoms with Crippen LogP contribution in [0.2, 0.25) is 0 Å². The highest BCUT2D eigenvalue weighted by molar-refractivity contribution is 6.03. The van der Waals surface area contributed by atoms with Crippen LogP contribution in [-0.4, -0.2) is 25.3 Å². The van der Waals surface area contributed by atoms with Crippen molar-refractivity contribution in [1.82, 2.24) is 19.5 Å². The Morgan fingerprint density at radius 2 is 1.73 bits per heavy atom. The molecule has 0 saturated heterocycles. The van der Waals surface area contributed by atoms with E-state index in [4.69, 9.17) is 0 Å². The smallest absolute Gasteiger partial charge is 0.326 e. The van der Waals surface area contributed by atoms with Gasteiger partial charge in [0.15, 0.2) is 5.78 Å². The molecule has 3 aromatic heterocycles. The van der Waals surface area contributed by atoms with Crippen LogP contribution in [-0.2, 0) is 6.54 Å². The van der Waals surface area contributed by atoms with Gasteiger partial charge in [-0.2, -0.15) is 0 Å². The lowest BCUT2D eigenvalue weighted by Gasteiger charge is -2.05. The highest BCUT2D eigenvalue weighted by Gasteiger charge is 2.15. The number of aromatic nitrogens is 4. The molecule has 0 radical (unpaired) electrons. The highest BCUT2D eigenvalue weighted by Crippen LogP contribution is 2.21. The molecular formula is C27H30N4O2. The minimum Gasteiger partial charge on any atom is -0.346 e. The minimum absolute atomic E-state index is 0.0330. The Morgan fingerprint density at radius 1 is 0.970 bits per heavy atom. The summed E-state index contributed by atoms with van der Waals surface area (Å²) < 4.78 is 1.44. The highest BCUT2D eigenvalue weighted by atomic mass is 16.2. The standard InChI is InChI=1S/C20H14N4O2.C7H16/c25-17(14-6-5-12-3-1-2-4-13(12)9-14)11-24-16-10-22-19-15(7-8-21-19)18(16)23-20(24)26;1-3-5-7-6-4-2/h1-10H,11H2,(H,21,22)(H,23,26);3-7H2,1-2H3. The molecule has 33 heavy (non-hydrogen) atoms. The third kappa shape index (κ3) is 4.90. The van der Waals surface area contributed by atoms with Gasteiger partial charge in [0.25, 0.3) is 0 Å². The zero-order chi connectivity index (χ0) is 23.2. The van der Waals surface area contributed by atoms with Gasteiger partial charge in [-0.3, -0.25) is 9.36 Å². The number of aromatic amines is 2. The van der Waals surface area contributed by atoms with Crippen LogP contribution in [0.3, 0.4) is 0 Å². The number of hydrogen-bond acceptors (Lipinski definition) is 3. The Kier molecular flexibility index (Phi) is 7.03. The Morgan fingerprint density at radius 3 is 2.48 bits per heavy atom. The Balaban J connectivity index is 0.000000325. The molecule has 0 aliphatic carbocycles. The zero-order valence-corrected chi connectivity index (χ0v) is 19.2. The molecule has 0 aliphatic heterocycles. The van der Waals surface area contributed by atoms with E-state index < -0.39 is 0 Å². The molecule has 170 valence electrons. The lowest BCUT2D eigenvalue weighted by atomic mass is 10.0. The number of rotatable bonds is 7. The number of benzene rings is 2. The Hall–Kier alpha value is -3.67. The number of ketones is 1. The van der Waals surface area contributed by atoms with Crippen molar-refractivity contribution in [2.45, 2.75) is 52.5 Å². The van der Waals surface area contributed by atoms with Crippen LogP contribution >= 0.6 is 0 Å². The second-order valence-electron chi connectivity index (χ2n) is 8.32. The van der Waals surface area contributed by atoms with Crippen LogP contribution in [0.25, 0.3) is 32.8 Å². The molecule has 6 heteroatoms. The van der Waals surface area contributed by atoms with E-state index in [-0.39, 0.29) is 18.0 Å². The molecule has 0 amide bonds. The van der Waals surface area contributed by atoms with E-state index in [2.05, 4.69) is 28.8 Å². The van der Waals surface area contributed by atoms with Crippen molar-refractivity contribution in [2.24, 2.45) is 0 Å². The van der Waals surface area contributed by atoms with Gasteiger partial charge in [0.05, 0.1) is 23.8 Å². The van der Waals surface area contributed by atoms with E-state index >= 15 is 0 Å². The van der Waals surface area contributed by atoms with Crippen LogP contribution in [0.1, 0.15) is 56.3 Å². The molecule has 0 saturated carbocycles. The van der Waals surface area contributed by atoms with Crippen molar-refractivity contribution in [3.63, 3.8) is 0 Å². The van der Waals surface area contributed by atoms with Gasteiger partial charge in [0.1, 0.15) is 5.65 Å². The number of unbranched alkanes of at least 4 members (excludes halogenated alkanes) is 4. The van der Waals surface area contributed by atoms with Crippen LogP contribution in [0, 0.1) is 0 Å². The van der Waals surface area contributed by atoms with Gasteiger partial charge in [0.2, 0.25) is 0 Å². The summed E-state index contributed by atoms with van der Waals surface area (Å²) in [5.41, 5.74) is 2.28. The third-order valence-electron chi connectivity index (χ3n) is 5.91. The van der Waals surface area contributed by atoms with Crippen LogP contribution < -0.4 is 5.69 Å². The van der Waals surface area contributed by atoms with Gasteiger partial charge in [-0.15, -0.1) is 0 Å². The van der Waals surface area contributed by atoms with Gasteiger partial charge in [-0.25, -0.2) is 9.78 Å². The van der Waals surface area contributed by atoms with Crippen molar-refractivity contribution >= 4 is 38.6 Å². The summed E-state index contributed by atoms with van der Waals surface area (Å²) >= 11 is 0. The summed E-state index contributed by atoms with van der Waals surface area (Å²) in [5, 5.41) is 2.91. The topological polar surface area (TPSA) is 83.5 Å². The third-order valence-corrected chi connectivity index (χ3v) is 5.91. The number of imidazole rings is 1. The lowest BCUT2D eigenvalue weighted by molar-refractivity contribution is 0.0972. The first-order valence-corrected chi connectivity index (χ1v) is 11.7. The SMILES string of the molecule is CCCCCCC.O=C(Cn1c(=O)[nH]c2c3cc[nH]c3ncc21)c1ccc2ccccc2c1. The molecule has 3 heterocycles. The van der Waals surface area contributed by atoms with E-state index in [9.17, 15) is 9.59 Å². The van der Waals surface area contributed by atoms with Gasteiger partial charge in [0, 0.05) is 17.1 Å². The fraction of sp³-hybridized carbons (Fsp3) is 0.296. The Labute approximate surface area is 192 Å². The van der Waals surface area contributed by atoms with E-state index in [1.54, 1.807) is 18.5 Å². The van der Waals surface area contributed by atoms with Crippen molar-refractivity contribution in [2.75, 3.05) is 0 Å². The summed E-state index contributed by atoms with van der Waals surface area (Å²) in [7, 11) is 0. The summed E-state index contributed by atoms with van der Waals surface area (Å²) in [5.74, 6) is -0.118. The fourth-order valence-corrected chi connectivity index (χ4v) is 4.05. The maximum Gasteiger partial charge on any atom is 0.326 e. The summed E-state index contributed by atoms with van der Waals surface area (Å²) in [6, 6.07) is 15.3. The maximum absolute atomic E-state index is 12.8. The van der Waals surface area contributed by atoms with Crippen molar-refractivity contribution in [3.05, 3.63) is 77.0 Å². The molecule has 2 N–H and O–H groups in total. The molecule has 5 rings (SSSR count). The number of Topliss-reactive ketones (excluding diaryl/α,β-unsaturated/α-hetero) is 1. The van der Waals surface area contributed by atoms with Gasteiger partial charge < -0.3 is 9.97 Å². The van der Waals surface area contributed by atoms with Crippen LogP contribution in [0.5, 0.6) is 0 Å². The fourth-order valence-electron chi connectivity index (χ4n) is 4.05. The normalized spacial score (nSPS) is 11.1. The second-order valence-corrected chi connectivity index (χ2v) is 8.32. The minimum atomic E-state index is -0.315. The maximum atomic E-state index is 12.8. The number of pyridine rings is 1. The van der Waals surface area contributed by atoms with E-state index in [0.717, 1.165) is 16.2 Å². The zero-order valence-electron chi connectivity index (χ0n) is 19.2. The molecule has 0 spiro atoms. The number of hydrogen-bond donors (Lipinski definition) is 2. The molecular weight excluding hydrogens is 412 g/mol. The average Bonchev–Trinajstić information content (AvgIpc) is 3.44. The van der Waals surface area contributed by atoms with Gasteiger partial charge in [-0.05, 0) is 22.9 Å². The summed E-state index contributed by atoms with van der Waals surface area (Å²) in [6.45, 7) is 4.46. The first-order chi connectivity index (χ1) is 16.1. The number of nitrogens with zero attached hydrogens (tertiary/aromatic N) is 2. The van der Waals surface area contributed by atoms with Crippen molar-refractivity contribution in [1.29, 1.82) is 0 Å². The first kappa shape index (κ1) is 22.5. The molecule has 0 fully saturated rings. The first-order valence-electron chi connectivity index (χ1n) is 11.7. The Bertz CT molecular complexity index is 1440. The molecule has 0 bridgehead atoms. The predicted molar refractivity (Wildman–Crippen MR) is 135 cm³/mol. The van der Waals surface area contributed by atoms with E-state index in [1.165, 1.54) is 36.7 Å². The molecule has 0 unspecified atom stereocenters. The number of nitrogens with one attached hydrogen (secondary N) is 2. The van der Waals surface area contributed by atoms with Crippen LogP contribution in [0.4, 0.5) is 0 Å². The monoisotopic (exact) mass is 442 g/mol. The second kappa shape index (κ2) is 10.3. The summed E-state index contributed by atoms with van der Waals surface area (Å²) in [6.07, 6.45) is 10.4. The lowest BCUT2D eigenvalue weighted by Crippen LogP contribution is -2.21. The number of carbonyl (C=O) groups is 1. The number of fused-ring (bicyclic) bond motifs is 4. The molecule has 5 aromatic rings. The van der Waals surface area contributed by atoms with Crippen molar-refractivity contribution in [3.8, 4) is 0 Å². The largest absolute Gasteiger partial charge is 0.346 e. The summed E-state index contributed by atoms with van der Waals surface area (Å²) in [4.78, 5) is 35.3. The van der Waals surface area contributed by atoms with Crippen molar-refractivity contribution < 1.29 is 4.79 Å². The van der Waals surface area contributed by atoms with E-state index in [0.29, 0.717) is 22.2 Å². The molecule has 2 aromatic carbocycles. The van der Waals surface area contributed by atoms with Gasteiger partial charge in [-0.1, -0.05) is 82.3 Å². The predicted octanol–water partition coefficient (Wildman–Crippen LogP) is 6.22. The number of carbonyl (C=O) groups excluding carboxylic acids is 1. The molecule has 6 nitrogen and oxygen atoms in total. The van der Waals surface area contributed by atoms with Gasteiger partial charge >= 0.3 is 5.69 Å². The number of H-pyrrole nitrogens is 2. The molecule has 0 aliphatic rings. The quantitative estimate of drug-likeness (QED) is 0.232. The van der Waals surface area contributed by atoms with E-state index in [1.807, 2.05) is 42.5 Å². The average molecular weight is 443 g/mol. The molecule has 0 atom stereocenters.